The Balaban J connectivity index is 0. The van der Waals surface area contributed by atoms with Crippen molar-refractivity contribution in [2.24, 2.45) is 0 Å². The maximum Gasteiger partial charge on any atom is -0.0350 e. The Kier molecular flexibility index (Phi) is 15.1. The molecule has 0 N–H and O–H groups in total. The first-order chi connectivity index (χ1) is 7.58. The predicted octanol–water partition coefficient (Wildman–Crippen LogP) is 5.84. The van der Waals surface area contributed by atoms with E-state index in [1.165, 1.54) is 24.0 Å². The fraction of sp³-hybridized carbons (Fsp3) is 0.500. The van der Waals surface area contributed by atoms with Crippen LogP contribution in [0, 0.1) is 0 Å². The first-order valence-electron chi connectivity index (χ1n) is 6.18. The van der Waals surface area contributed by atoms with Gasteiger partial charge in [-0.15, -0.1) is 6.58 Å². The lowest BCUT2D eigenvalue weighted by atomic mass is 10.2. The van der Waals surface area contributed by atoms with Gasteiger partial charge in [0, 0.05) is 0 Å². The van der Waals surface area contributed by atoms with Gasteiger partial charge in [0.05, 0.1) is 0 Å². The molecule has 0 aromatic heterocycles. The van der Waals surface area contributed by atoms with Crippen LogP contribution in [-0.2, 0) is 0 Å². The zero-order chi connectivity index (χ0) is 12.8. The Bertz CT molecular complexity index is 239. The number of unbranched alkanes of at least 4 members (excludes halogenated alkanes) is 1. The van der Waals surface area contributed by atoms with Gasteiger partial charge < -0.3 is 0 Å². The minimum absolute atomic E-state index is 1.11. The van der Waals surface area contributed by atoms with Crippen molar-refractivity contribution in [1.82, 2.24) is 0 Å². The lowest BCUT2D eigenvalue weighted by molar-refractivity contribution is 0.959. The smallest absolute Gasteiger partial charge is 0.0350 e. The zero-order valence-electron chi connectivity index (χ0n) is 11.7. The first kappa shape index (κ1) is 17.4. The molecule has 0 aromatic carbocycles. The standard InChI is InChI=1S/C11H18.C5H10/c1-4-6-7-8-9-10-11(3)5-2;1-4-5(2)3/h5,7-10H,4,6H2,1-3H3;2,4H2,1,3H3/b8-7-,10-9-,11-5+;. The highest BCUT2D eigenvalue weighted by molar-refractivity contribution is 5.19. The lowest BCUT2D eigenvalue weighted by Crippen LogP contribution is -1.63. The van der Waals surface area contributed by atoms with Crippen LogP contribution >= 0.6 is 0 Å². The van der Waals surface area contributed by atoms with E-state index >= 15 is 0 Å². The van der Waals surface area contributed by atoms with Crippen molar-refractivity contribution in [1.29, 1.82) is 0 Å². The molecule has 0 radical (unpaired) electrons. The van der Waals surface area contributed by atoms with Gasteiger partial charge in [0.2, 0.25) is 0 Å². The van der Waals surface area contributed by atoms with Crippen LogP contribution < -0.4 is 0 Å². The minimum Gasteiger partial charge on any atom is -0.100 e. The molecule has 0 aliphatic heterocycles. The summed E-state index contributed by atoms with van der Waals surface area (Å²) in [5.74, 6) is 0. The van der Waals surface area contributed by atoms with Crippen LogP contribution in [-0.4, -0.2) is 0 Å². The maximum absolute atomic E-state index is 3.67. The van der Waals surface area contributed by atoms with E-state index < -0.39 is 0 Å². The number of allylic oxidation sites excluding steroid dienone is 7. The molecule has 0 aliphatic rings. The summed E-state index contributed by atoms with van der Waals surface area (Å²) >= 11 is 0. The van der Waals surface area contributed by atoms with E-state index in [0.717, 1.165) is 6.42 Å². The molecule has 0 bridgehead atoms. The Morgan fingerprint density at radius 2 is 1.69 bits per heavy atom. The summed E-state index contributed by atoms with van der Waals surface area (Å²) in [5.41, 5.74) is 2.57. The van der Waals surface area contributed by atoms with E-state index in [9.17, 15) is 0 Å². The van der Waals surface area contributed by atoms with Crippen LogP contribution in [0.25, 0.3) is 0 Å². The second-order valence-electron chi connectivity index (χ2n) is 3.92. The molecule has 16 heavy (non-hydrogen) atoms. The molecule has 0 unspecified atom stereocenters. The maximum atomic E-state index is 3.67. The molecule has 0 rings (SSSR count). The van der Waals surface area contributed by atoms with Crippen LogP contribution in [0.1, 0.15) is 53.9 Å². The Hall–Kier alpha value is -1.04. The topological polar surface area (TPSA) is 0 Å². The van der Waals surface area contributed by atoms with Gasteiger partial charge in [0.15, 0.2) is 0 Å². The normalized spacial score (nSPS) is 11.7. The molecule has 0 nitrogen and oxygen atoms in total. The summed E-state index contributed by atoms with van der Waals surface area (Å²) in [7, 11) is 0. The summed E-state index contributed by atoms with van der Waals surface area (Å²) in [4.78, 5) is 0. The molecule has 0 amide bonds. The largest absolute Gasteiger partial charge is 0.100 e. The van der Waals surface area contributed by atoms with E-state index in [1.54, 1.807) is 0 Å². The summed E-state index contributed by atoms with van der Waals surface area (Å²) in [6.07, 6.45) is 14.1. The van der Waals surface area contributed by atoms with Gasteiger partial charge in [0.25, 0.3) is 0 Å². The number of rotatable bonds is 5. The highest BCUT2D eigenvalue weighted by atomic mass is 13.8. The predicted molar refractivity (Wildman–Crippen MR) is 77.7 cm³/mol. The van der Waals surface area contributed by atoms with Crippen molar-refractivity contribution < 1.29 is 0 Å². The fourth-order valence-electron chi connectivity index (χ4n) is 0.645. The first-order valence-corrected chi connectivity index (χ1v) is 6.18. The molecule has 0 aliphatic carbocycles. The van der Waals surface area contributed by atoms with E-state index in [0.29, 0.717) is 0 Å². The van der Waals surface area contributed by atoms with Gasteiger partial charge in [-0.25, -0.2) is 0 Å². The third kappa shape index (κ3) is 18.7. The van der Waals surface area contributed by atoms with Gasteiger partial charge in [-0.05, 0) is 33.6 Å². The van der Waals surface area contributed by atoms with Gasteiger partial charge in [-0.2, -0.15) is 0 Å². The van der Waals surface area contributed by atoms with E-state index in [2.05, 4.69) is 64.7 Å². The summed E-state index contributed by atoms with van der Waals surface area (Å²) in [5, 5.41) is 0. The Labute approximate surface area is 102 Å². The van der Waals surface area contributed by atoms with Gasteiger partial charge in [0.1, 0.15) is 0 Å². The molecule has 0 fully saturated rings. The zero-order valence-corrected chi connectivity index (χ0v) is 11.7. The van der Waals surface area contributed by atoms with Crippen LogP contribution in [0.3, 0.4) is 0 Å². The molecule has 0 atom stereocenters. The molecule has 0 heterocycles. The van der Waals surface area contributed by atoms with E-state index in [1.807, 2.05) is 6.92 Å². The average Bonchev–Trinajstić information content (AvgIpc) is 2.29. The third-order valence-electron chi connectivity index (χ3n) is 2.12. The lowest BCUT2D eigenvalue weighted by Gasteiger charge is -1.84. The fourth-order valence-corrected chi connectivity index (χ4v) is 0.645. The van der Waals surface area contributed by atoms with Crippen molar-refractivity contribution in [3.05, 3.63) is 48.1 Å². The van der Waals surface area contributed by atoms with Gasteiger partial charge >= 0.3 is 0 Å². The van der Waals surface area contributed by atoms with Crippen molar-refractivity contribution in [2.45, 2.75) is 53.9 Å². The Morgan fingerprint density at radius 3 is 2.06 bits per heavy atom. The molecule has 0 saturated carbocycles. The summed E-state index contributed by atoms with van der Waals surface area (Å²) in [6, 6.07) is 0. The van der Waals surface area contributed by atoms with Crippen molar-refractivity contribution in [2.75, 3.05) is 0 Å². The monoisotopic (exact) mass is 220 g/mol. The van der Waals surface area contributed by atoms with Crippen molar-refractivity contribution in [3.8, 4) is 0 Å². The Morgan fingerprint density at radius 1 is 1.12 bits per heavy atom. The quantitative estimate of drug-likeness (QED) is 0.403. The molecular weight excluding hydrogens is 192 g/mol. The molecule has 0 spiro atoms. The van der Waals surface area contributed by atoms with Crippen molar-refractivity contribution in [3.63, 3.8) is 0 Å². The minimum atomic E-state index is 1.11. The van der Waals surface area contributed by atoms with Crippen LogP contribution in [0.15, 0.2) is 48.1 Å². The molecule has 0 saturated heterocycles. The molecule has 92 valence electrons. The second-order valence-corrected chi connectivity index (χ2v) is 3.92. The second kappa shape index (κ2) is 14.0. The molecular formula is C16H28. The molecule has 0 aromatic rings. The number of hydrogen-bond acceptors (Lipinski definition) is 0. The SMILES string of the molecule is C/C=C(C)/C=C\C=C/CCC.C=C(C)CC. The van der Waals surface area contributed by atoms with Crippen LogP contribution in [0.5, 0.6) is 0 Å². The summed E-state index contributed by atoms with van der Waals surface area (Å²) in [6.45, 7) is 14.1. The average molecular weight is 220 g/mol. The summed E-state index contributed by atoms with van der Waals surface area (Å²) < 4.78 is 0. The van der Waals surface area contributed by atoms with Gasteiger partial charge in [-0.3, -0.25) is 0 Å². The van der Waals surface area contributed by atoms with Crippen molar-refractivity contribution >= 4 is 0 Å². The van der Waals surface area contributed by atoms with Crippen LogP contribution in [0.2, 0.25) is 0 Å². The van der Waals surface area contributed by atoms with E-state index in [4.69, 9.17) is 0 Å². The van der Waals surface area contributed by atoms with Gasteiger partial charge in [-0.1, -0.05) is 61.8 Å². The number of hydrogen-bond donors (Lipinski definition) is 0. The highest BCUT2D eigenvalue weighted by Crippen LogP contribution is 1.94. The highest BCUT2D eigenvalue weighted by Gasteiger charge is 1.73. The third-order valence-corrected chi connectivity index (χ3v) is 2.12. The molecule has 0 heteroatoms. The van der Waals surface area contributed by atoms with Crippen LogP contribution in [0.4, 0.5) is 0 Å². The van der Waals surface area contributed by atoms with E-state index in [-0.39, 0.29) is 0 Å².